The van der Waals surface area contributed by atoms with Crippen molar-refractivity contribution in [2.45, 2.75) is 32.1 Å². The van der Waals surface area contributed by atoms with Gasteiger partial charge in [0.05, 0.1) is 5.52 Å². The smallest absolute Gasteiger partial charge is 0.0737 e. The van der Waals surface area contributed by atoms with Gasteiger partial charge in [-0.15, -0.1) is 0 Å². The Labute approximate surface area is 219 Å². The van der Waals surface area contributed by atoms with Gasteiger partial charge in [-0.3, -0.25) is 4.98 Å². The van der Waals surface area contributed by atoms with E-state index in [-0.39, 0.29) is 0 Å². The van der Waals surface area contributed by atoms with Crippen LogP contribution in [-0.4, -0.2) is 43.1 Å². The maximum absolute atomic E-state index is 6.11. The fraction of sp³-hybridized carbons (Fsp3) is 0.323. The lowest BCUT2D eigenvalue weighted by Gasteiger charge is -2.28. The van der Waals surface area contributed by atoms with Crippen LogP contribution in [0, 0.1) is 0 Å². The lowest BCUT2D eigenvalue weighted by atomic mass is 10.0. The Bertz CT molecular complexity index is 1260. The van der Waals surface area contributed by atoms with Crippen molar-refractivity contribution in [2.75, 3.05) is 43.4 Å². The summed E-state index contributed by atoms with van der Waals surface area (Å²) in [5.41, 5.74) is 7.73. The zero-order chi connectivity index (χ0) is 24.7. The minimum Gasteiger partial charge on any atom is -0.384 e. The van der Waals surface area contributed by atoms with E-state index < -0.39 is 0 Å². The van der Waals surface area contributed by atoms with Crippen LogP contribution in [0.15, 0.2) is 79.0 Å². The number of aryl methyl sites for hydroxylation is 2. The van der Waals surface area contributed by atoms with Gasteiger partial charge in [0, 0.05) is 46.8 Å². The average molecular weight is 499 g/mol. The number of nitrogens with zero attached hydrogens (tertiary/aromatic N) is 3. The van der Waals surface area contributed by atoms with E-state index in [2.05, 4.69) is 75.7 Å². The fourth-order valence-electron chi connectivity index (χ4n) is 5.23. The Kier molecular flexibility index (Phi) is 8.04. The second-order valence-electron chi connectivity index (χ2n) is 9.72. The van der Waals surface area contributed by atoms with Gasteiger partial charge in [0.1, 0.15) is 0 Å². The van der Waals surface area contributed by atoms with Crippen LogP contribution in [0.2, 0.25) is 5.02 Å². The first-order valence-corrected chi connectivity index (χ1v) is 13.5. The van der Waals surface area contributed by atoms with Crippen LogP contribution >= 0.6 is 11.6 Å². The third-order valence-electron chi connectivity index (χ3n) is 7.14. The van der Waals surface area contributed by atoms with Gasteiger partial charge >= 0.3 is 0 Å². The monoisotopic (exact) mass is 498 g/mol. The predicted molar refractivity (Wildman–Crippen MR) is 154 cm³/mol. The number of halogens is 1. The van der Waals surface area contributed by atoms with Crippen molar-refractivity contribution in [1.82, 2.24) is 9.88 Å². The molecule has 0 spiro atoms. The molecular formula is C31H35ClN4. The number of hydrogen-bond acceptors (Lipinski definition) is 4. The summed E-state index contributed by atoms with van der Waals surface area (Å²) in [5.74, 6) is 0. The van der Waals surface area contributed by atoms with Gasteiger partial charge < -0.3 is 15.1 Å². The molecule has 36 heavy (non-hydrogen) atoms. The van der Waals surface area contributed by atoms with Crippen LogP contribution in [0.25, 0.3) is 10.9 Å². The third-order valence-corrected chi connectivity index (χ3v) is 7.37. The van der Waals surface area contributed by atoms with Gasteiger partial charge in [0.15, 0.2) is 0 Å². The summed E-state index contributed by atoms with van der Waals surface area (Å²) < 4.78 is 0. The first-order valence-electron chi connectivity index (χ1n) is 13.1. The molecule has 3 aromatic carbocycles. The fourth-order valence-corrected chi connectivity index (χ4v) is 5.39. The number of nitrogens with one attached hydrogen (secondary N) is 1. The van der Waals surface area contributed by atoms with E-state index in [1.807, 2.05) is 30.5 Å². The van der Waals surface area contributed by atoms with Gasteiger partial charge in [-0.1, -0.05) is 48.0 Å². The SMILES string of the molecule is CN(CCCCNc1ccnc2cc(Cl)ccc12)CCCN1c2ccccc2CCc2ccccc21. The first kappa shape index (κ1) is 24.6. The molecule has 0 fully saturated rings. The highest BCUT2D eigenvalue weighted by Crippen LogP contribution is 2.35. The topological polar surface area (TPSA) is 31.4 Å². The molecule has 0 saturated heterocycles. The number of benzene rings is 3. The van der Waals surface area contributed by atoms with Crippen molar-refractivity contribution in [3.63, 3.8) is 0 Å². The second-order valence-corrected chi connectivity index (χ2v) is 10.2. The molecule has 2 heterocycles. The molecule has 1 aromatic heterocycles. The van der Waals surface area contributed by atoms with E-state index in [0.717, 1.165) is 73.5 Å². The molecule has 186 valence electrons. The van der Waals surface area contributed by atoms with Crippen molar-refractivity contribution in [3.8, 4) is 0 Å². The van der Waals surface area contributed by atoms with Gasteiger partial charge in [-0.25, -0.2) is 0 Å². The number of hydrogen-bond donors (Lipinski definition) is 1. The van der Waals surface area contributed by atoms with Crippen LogP contribution < -0.4 is 10.2 Å². The van der Waals surface area contributed by atoms with Crippen LogP contribution in [0.5, 0.6) is 0 Å². The molecule has 1 aliphatic rings. The molecule has 0 saturated carbocycles. The molecule has 4 nitrogen and oxygen atoms in total. The molecule has 5 rings (SSSR count). The van der Waals surface area contributed by atoms with E-state index in [1.54, 1.807) is 0 Å². The molecule has 1 aliphatic heterocycles. The molecule has 0 radical (unpaired) electrons. The van der Waals surface area contributed by atoms with Crippen molar-refractivity contribution >= 4 is 39.6 Å². The van der Waals surface area contributed by atoms with E-state index in [4.69, 9.17) is 11.6 Å². The predicted octanol–water partition coefficient (Wildman–Crippen LogP) is 7.34. The van der Waals surface area contributed by atoms with Crippen LogP contribution in [0.1, 0.15) is 30.4 Å². The maximum Gasteiger partial charge on any atom is 0.0737 e. The van der Waals surface area contributed by atoms with E-state index in [0.29, 0.717) is 0 Å². The molecule has 1 N–H and O–H groups in total. The number of fused-ring (bicyclic) bond motifs is 3. The molecule has 0 unspecified atom stereocenters. The maximum atomic E-state index is 6.11. The van der Waals surface area contributed by atoms with Crippen LogP contribution in [0.4, 0.5) is 17.1 Å². The zero-order valence-electron chi connectivity index (χ0n) is 21.1. The average Bonchev–Trinajstić information content (AvgIpc) is 3.05. The van der Waals surface area contributed by atoms with E-state index >= 15 is 0 Å². The summed E-state index contributed by atoms with van der Waals surface area (Å²) in [6, 6.07) is 25.8. The van der Waals surface area contributed by atoms with Crippen LogP contribution in [-0.2, 0) is 12.8 Å². The number of para-hydroxylation sites is 2. The van der Waals surface area contributed by atoms with Crippen LogP contribution in [0.3, 0.4) is 0 Å². The Morgan fingerprint density at radius 3 is 2.31 bits per heavy atom. The van der Waals surface area contributed by atoms with Crippen molar-refractivity contribution in [3.05, 3.63) is 95.1 Å². The summed E-state index contributed by atoms with van der Waals surface area (Å²) in [6.45, 7) is 4.21. The molecular weight excluding hydrogens is 464 g/mol. The molecule has 0 bridgehead atoms. The van der Waals surface area contributed by atoms with Gasteiger partial charge in [0.25, 0.3) is 0 Å². The molecule has 5 heteroatoms. The Morgan fingerprint density at radius 2 is 1.56 bits per heavy atom. The Morgan fingerprint density at radius 1 is 0.861 bits per heavy atom. The Balaban J connectivity index is 1.08. The van der Waals surface area contributed by atoms with Crippen molar-refractivity contribution in [2.24, 2.45) is 0 Å². The number of aromatic nitrogens is 1. The first-order chi connectivity index (χ1) is 17.7. The molecule has 4 aromatic rings. The standard InChI is InChI=1S/C31H35ClN4/c1-35(20-7-6-18-33-28-17-19-34-29-23-26(32)15-16-27(28)29)21-8-22-36-30-11-4-2-9-24(30)13-14-25-10-3-5-12-31(25)36/h2-5,9-12,15-17,19,23H,6-8,13-14,18,20-22H2,1H3,(H,33,34). The minimum atomic E-state index is 0.722. The normalized spacial score (nSPS) is 12.9. The van der Waals surface area contributed by atoms with E-state index in [9.17, 15) is 0 Å². The quantitative estimate of drug-likeness (QED) is 0.232. The van der Waals surface area contributed by atoms with E-state index in [1.165, 1.54) is 28.9 Å². The Hall–Kier alpha value is -3.08. The van der Waals surface area contributed by atoms with Gasteiger partial charge in [0.2, 0.25) is 0 Å². The molecule has 0 aliphatic carbocycles. The van der Waals surface area contributed by atoms with Crippen molar-refractivity contribution < 1.29 is 0 Å². The van der Waals surface area contributed by atoms with Gasteiger partial charge in [-0.05, 0) is 99.8 Å². The largest absolute Gasteiger partial charge is 0.384 e. The zero-order valence-corrected chi connectivity index (χ0v) is 21.8. The summed E-state index contributed by atoms with van der Waals surface area (Å²) in [7, 11) is 2.25. The lowest BCUT2D eigenvalue weighted by Crippen LogP contribution is -2.26. The number of anilines is 3. The minimum absolute atomic E-state index is 0.722. The lowest BCUT2D eigenvalue weighted by molar-refractivity contribution is 0.324. The number of pyridine rings is 1. The summed E-state index contributed by atoms with van der Waals surface area (Å²) in [5, 5.41) is 5.43. The number of rotatable bonds is 10. The summed E-state index contributed by atoms with van der Waals surface area (Å²) in [4.78, 5) is 9.44. The summed E-state index contributed by atoms with van der Waals surface area (Å²) in [6.07, 6.45) is 7.52. The van der Waals surface area contributed by atoms with Gasteiger partial charge in [-0.2, -0.15) is 0 Å². The second kappa shape index (κ2) is 11.8. The number of unbranched alkanes of at least 4 members (excludes halogenated alkanes) is 1. The highest BCUT2D eigenvalue weighted by atomic mass is 35.5. The highest BCUT2D eigenvalue weighted by molar-refractivity contribution is 6.31. The summed E-state index contributed by atoms with van der Waals surface area (Å²) >= 11 is 6.11. The molecule has 0 atom stereocenters. The third kappa shape index (κ3) is 5.83. The van der Waals surface area contributed by atoms with Crippen molar-refractivity contribution in [1.29, 1.82) is 0 Å². The molecule has 0 amide bonds. The highest BCUT2D eigenvalue weighted by Gasteiger charge is 2.19.